The first kappa shape index (κ1) is 12.3. The maximum Gasteiger partial charge on any atom is 0.169 e. The average molecular weight is 269 g/mol. The topological polar surface area (TPSA) is 41.6 Å². The Labute approximate surface area is 113 Å². The minimum atomic E-state index is -0.925. The van der Waals surface area contributed by atoms with Crippen LogP contribution in [0.2, 0.25) is 0 Å². The molecule has 3 nitrogen and oxygen atoms in total. The normalized spacial score (nSPS) is 10.7. The molecule has 98 valence electrons. The Hall–Kier alpha value is -2.74. The predicted molar refractivity (Wildman–Crippen MR) is 70.8 cm³/mol. The quantitative estimate of drug-likeness (QED) is 0.679. The van der Waals surface area contributed by atoms with Crippen molar-refractivity contribution in [2.45, 2.75) is 0 Å². The van der Waals surface area contributed by atoms with Crippen LogP contribution in [0.15, 0.2) is 36.4 Å². The molecule has 0 aliphatic heterocycles. The highest BCUT2D eigenvalue weighted by molar-refractivity contribution is 5.81. The molecule has 0 fully saturated rings. The molecule has 5 heteroatoms. The van der Waals surface area contributed by atoms with Gasteiger partial charge < -0.3 is 4.57 Å². The Bertz CT molecular complexity index is 859. The number of rotatable bonds is 1. The van der Waals surface area contributed by atoms with Crippen LogP contribution in [0.1, 0.15) is 5.56 Å². The second kappa shape index (κ2) is 4.42. The van der Waals surface area contributed by atoms with E-state index in [1.54, 1.807) is 29.8 Å². The van der Waals surface area contributed by atoms with Gasteiger partial charge in [-0.25, -0.2) is 13.8 Å². The van der Waals surface area contributed by atoms with Gasteiger partial charge in [0.15, 0.2) is 11.6 Å². The molecule has 0 N–H and O–H groups in total. The van der Waals surface area contributed by atoms with Crippen LogP contribution < -0.4 is 0 Å². The largest absolute Gasteiger partial charge is 0.327 e. The van der Waals surface area contributed by atoms with Crippen molar-refractivity contribution in [1.29, 1.82) is 5.26 Å². The van der Waals surface area contributed by atoms with E-state index in [2.05, 4.69) is 4.98 Å². The lowest BCUT2D eigenvalue weighted by Crippen LogP contribution is -1.96. The highest BCUT2D eigenvalue weighted by atomic mass is 19.2. The number of hydrogen-bond acceptors (Lipinski definition) is 2. The van der Waals surface area contributed by atoms with Crippen molar-refractivity contribution < 1.29 is 8.78 Å². The first-order valence-electron chi connectivity index (χ1n) is 5.93. The van der Waals surface area contributed by atoms with Crippen LogP contribution in [0.3, 0.4) is 0 Å². The Balaban J connectivity index is 2.30. The number of aromatic nitrogens is 2. The lowest BCUT2D eigenvalue weighted by Gasteiger charge is -2.04. The van der Waals surface area contributed by atoms with Crippen LogP contribution in [-0.2, 0) is 7.05 Å². The molecule has 0 aliphatic rings. The SMILES string of the molecule is Cn1c(-c2cccc(F)c2F)nc2ccc(C#N)cc21. The van der Waals surface area contributed by atoms with Gasteiger partial charge in [0.1, 0.15) is 5.82 Å². The third-order valence-corrected chi connectivity index (χ3v) is 3.20. The van der Waals surface area contributed by atoms with Crippen LogP contribution in [-0.4, -0.2) is 9.55 Å². The summed E-state index contributed by atoms with van der Waals surface area (Å²) in [6, 6.07) is 11.0. The van der Waals surface area contributed by atoms with E-state index in [0.29, 0.717) is 22.4 Å². The maximum atomic E-state index is 13.9. The van der Waals surface area contributed by atoms with E-state index in [4.69, 9.17) is 5.26 Å². The Kier molecular flexibility index (Phi) is 2.72. The van der Waals surface area contributed by atoms with Crippen molar-refractivity contribution in [2.24, 2.45) is 7.05 Å². The van der Waals surface area contributed by atoms with Crippen molar-refractivity contribution in [1.82, 2.24) is 9.55 Å². The monoisotopic (exact) mass is 269 g/mol. The number of aryl methyl sites for hydroxylation is 1. The molecule has 0 atom stereocenters. The molecule has 0 radical (unpaired) electrons. The first-order valence-corrected chi connectivity index (χ1v) is 5.93. The van der Waals surface area contributed by atoms with Crippen molar-refractivity contribution in [3.63, 3.8) is 0 Å². The van der Waals surface area contributed by atoms with Crippen molar-refractivity contribution in [2.75, 3.05) is 0 Å². The summed E-state index contributed by atoms with van der Waals surface area (Å²) in [5, 5.41) is 8.90. The van der Waals surface area contributed by atoms with Crippen LogP contribution >= 0.6 is 0 Å². The van der Waals surface area contributed by atoms with Gasteiger partial charge in [-0.1, -0.05) is 6.07 Å². The lowest BCUT2D eigenvalue weighted by molar-refractivity contribution is 0.510. The summed E-state index contributed by atoms with van der Waals surface area (Å²) in [7, 11) is 1.70. The van der Waals surface area contributed by atoms with Crippen molar-refractivity contribution in [3.05, 3.63) is 53.6 Å². The summed E-state index contributed by atoms with van der Waals surface area (Å²) in [5.74, 6) is -1.51. The maximum absolute atomic E-state index is 13.9. The van der Waals surface area contributed by atoms with Crippen molar-refractivity contribution >= 4 is 11.0 Å². The molecule has 2 aromatic carbocycles. The molecule has 0 amide bonds. The summed E-state index contributed by atoms with van der Waals surface area (Å²) < 4.78 is 28.8. The summed E-state index contributed by atoms with van der Waals surface area (Å²) in [4.78, 5) is 4.31. The molecule has 3 aromatic rings. The lowest BCUT2D eigenvalue weighted by atomic mass is 10.2. The smallest absolute Gasteiger partial charge is 0.169 e. The molecule has 0 saturated carbocycles. The summed E-state index contributed by atoms with van der Waals surface area (Å²) in [6.45, 7) is 0. The van der Waals surface area contributed by atoms with E-state index in [9.17, 15) is 8.78 Å². The fraction of sp³-hybridized carbons (Fsp3) is 0.0667. The van der Waals surface area contributed by atoms with E-state index >= 15 is 0 Å². The van der Waals surface area contributed by atoms with E-state index in [0.717, 1.165) is 6.07 Å². The number of benzene rings is 2. The van der Waals surface area contributed by atoms with E-state index < -0.39 is 11.6 Å². The summed E-state index contributed by atoms with van der Waals surface area (Å²) in [6.07, 6.45) is 0. The molecule has 0 spiro atoms. The summed E-state index contributed by atoms with van der Waals surface area (Å²) >= 11 is 0. The molecule has 0 saturated heterocycles. The zero-order valence-corrected chi connectivity index (χ0v) is 10.6. The van der Waals surface area contributed by atoms with Gasteiger partial charge in [0.05, 0.1) is 28.2 Å². The fourth-order valence-electron chi connectivity index (χ4n) is 2.18. The second-order valence-electron chi connectivity index (χ2n) is 4.41. The van der Waals surface area contributed by atoms with E-state index in [1.165, 1.54) is 12.1 Å². The zero-order valence-electron chi connectivity index (χ0n) is 10.6. The molecule has 20 heavy (non-hydrogen) atoms. The van der Waals surface area contributed by atoms with Crippen LogP contribution in [0.25, 0.3) is 22.4 Å². The Morgan fingerprint density at radius 1 is 1.20 bits per heavy atom. The summed E-state index contributed by atoms with van der Waals surface area (Å²) in [5.41, 5.74) is 1.92. The second-order valence-corrected chi connectivity index (χ2v) is 4.41. The third kappa shape index (κ3) is 1.74. The third-order valence-electron chi connectivity index (χ3n) is 3.20. The average Bonchev–Trinajstić information content (AvgIpc) is 2.78. The molecule has 0 bridgehead atoms. The minimum Gasteiger partial charge on any atom is -0.327 e. The van der Waals surface area contributed by atoms with Gasteiger partial charge in [0.25, 0.3) is 0 Å². The molecule has 1 aromatic heterocycles. The van der Waals surface area contributed by atoms with Gasteiger partial charge in [0, 0.05) is 7.05 Å². The van der Waals surface area contributed by atoms with Crippen LogP contribution in [0.4, 0.5) is 8.78 Å². The van der Waals surface area contributed by atoms with Gasteiger partial charge in [-0.05, 0) is 30.3 Å². The van der Waals surface area contributed by atoms with Crippen molar-refractivity contribution in [3.8, 4) is 17.5 Å². The molecule has 0 aliphatic carbocycles. The Morgan fingerprint density at radius 2 is 2.00 bits per heavy atom. The van der Waals surface area contributed by atoms with E-state index in [-0.39, 0.29) is 5.56 Å². The number of halogens is 2. The van der Waals surface area contributed by atoms with Gasteiger partial charge in [-0.2, -0.15) is 5.26 Å². The highest BCUT2D eigenvalue weighted by Gasteiger charge is 2.16. The molecule has 1 heterocycles. The van der Waals surface area contributed by atoms with Gasteiger partial charge >= 0.3 is 0 Å². The first-order chi connectivity index (χ1) is 9.61. The standard InChI is InChI=1S/C15H9F2N3/c1-20-13-7-9(8-18)5-6-12(13)19-15(20)10-3-2-4-11(16)14(10)17/h2-7H,1H3. The number of hydrogen-bond donors (Lipinski definition) is 0. The Morgan fingerprint density at radius 3 is 2.75 bits per heavy atom. The molecule has 0 unspecified atom stereocenters. The number of nitrogens with zero attached hydrogens (tertiary/aromatic N) is 3. The van der Waals surface area contributed by atoms with Crippen LogP contribution in [0.5, 0.6) is 0 Å². The molecular formula is C15H9F2N3. The number of imidazole rings is 1. The van der Waals surface area contributed by atoms with E-state index in [1.807, 2.05) is 6.07 Å². The molecule has 3 rings (SSSR count). The fourth-order valence-corrected chi connectivity index (χ4v) is 2.18. The number of fused-ring (bicyclic) bond motifs is 1. The van der Waals surface area contributed by atoms with Gasteiger partial charge in [-0.15, -0.1) is 0 Å². The predicted octanol–water partition coefficient (Wildman–Crippen LogP) is 3.39. The zero-order chi connectivity index (χ0) is 14.3. The molecular weight excluding hydrogens is 260 g/mol. The number of nitriles is 1. The minimum absolute atomic E-state index is 0.0993. The van der Waals surface area contributed by atoms with Gasteiger partial charge in [-0.3, -0.25) is 0 Å². The highest BCUT2D eigenvalue weighted by Crippen LogP contribution is 2.27. The van der Waals surface area contributed by atoms with Crippen LogP contribution in [0, 0.1) is 23.0 Å². The van der Waals surface area contributed by atoms with Gasteiger partial charge in [0.2, 0.25) is 0 Å².